The van der Waals surface area contributed by atoms with E-state index in [2.05, 4.69) is 49.1 Å². The van der Waals surface area contributed by atoms with Crippen LogP contribution < -0.4 is 9.47 Å². The molecule has 0 heterocycles. The lowest BCUT2D eigenvalue weighted by atomic mass is 9.91. The minimum Gasteiger partial charge on any atom is -0.490 e. The van der Waals surface area contributed by atoms with Crippen molar-refractivity contribution in [2.45, 2.75) is 58.0 Å². The highest BCUT2D eigenvalue weighted by Crippen LogP contribution is 2.31. The molecule has 0 aliphatic heterocycles. The molecule has 0 bridgehead atoms. The van der Waals surface area contributed by atoms with Gasteiger partial charge >= 0.3 is 5.97 Å². The summed E-state index contributed by atoms with van der Waals surface area (Å²) in [6.45, 7) is 11.3. The molecule has 4 aromatic carbocycles. The van der Waals surface area contributed by atoms with E-state index >= 15 is 0 Å². The number of carboxylic acid groups (broad SMARTS) is 1. The summed E-state index contributed by atoms with van der Waals surface area (Å²) >= 11 is 0. The van der Waals surface area contributed by atoms with Crippen molar-refractivity contribution in [3.05, 3.63) is 120 Å². The number of carboxylic acids is 1. The Morgan fingerprint density at radius 2 is 1.41 bits per heavy atom. The normalized spacial score (nSPS) is 13.2. The molecule has 0 fully saturated rings. The quantitative estimate of drug-likeness (QED) is 0.0632. The zero-order valence-electron chi connectivity index (χ0n) is 26.4. The van der Waals surface area contributed by atoms with Crippen molar-refractivity contribution in [1.82, 2.24) is 0 Å². The molecule has 7 heteroatoms. The molecular formula is C37H43NO5Si. The van der Waals surface area contributed by atoms with Gasteiger partial charge in [0.1, 0.15) is 18.1 Å². The van der Waals surface area contributed by atoms with E-state index in [1.165, 1.54) is 5.56 Å². The van der Waals surface area contributed by atoms with Crippen LogP contribution in [0.25, 0.3) is 11.1 Å². The van der Waals surface area contributed by atoms with Gasteiger partial charge in [-0.1, -0.05) is 115 Å². The van der Waals surface area contributed by atoms with E-state index < -0.39 is 19.6 Å². The van der Waals surface area contributed by atoms with Gasteiger partial charge in [0.25, 0.3) is 0 Å². The Morgan fingerprint density at radius 1 is 0.795 bits per heavy atom. The summed E-state index contributed by atoms with van der Waals surface area (Å²) in [5.41, 5.74) is 4.72. The Morgan fingerprint density at radius 3 is 2.02 bits per heavy atom. The van der Waals surface area contributed by atoms with Crippen molar-refractivity contribution >= 4 is 19.8 Å². The van der Waals surface area contributed by atoms with Crippen LogP contribution in [0.2, 0.25) is 25.7 Å². The molecule has 0 saturated heterocycles. The van der Waals surface area contributed by atoms with E-state index in [4.69, 9.17) is 14.3 Å². The van der Waals surface area contributed by atoms with E-state index in [-0.39, 0.29) is 6.42 Å². The predicted molar refractivity (Wildman–Crippen MR) is 181 cm³/mol. The average Bonchev–Trinajstić information content (AvgIpc) is 3.01. The number of ether oxygens (including phenoxy) is 2. The molecule has 0 unspecified atom stereocenters. The van der Waals surface area contributed by atoms with Gasteiger partial charge in [-0.15, -0.1) is 0 Å². The van der Waals surface area contributed by atoms with Crippen LogP contribution in [-0.4, -0.2) is 43.7 Å². The highest BCUT2D eigenvalue weighted by Gasteiger charge is 2.42. The first-order valence-corrected chi connectivity index (χ1v) is 18.8. The number of oxime groups is 1. The third kappa shape index (κ3) is 9.57. The second kappa shape index (κ2) is 14.9. The lowest BCUT2D eigenvalue weighted by molar-refractivity contribution is -0.155. The number of hydrogen-bond donors (Lipinski definition) is 1. The molecule has 0 saturated carbocycles. The van der Waals surface area contributed by atoms with E-state index in [1.807, 2.05) is 92.7 Å². The summed E-state index contributed by atoms with van der Waals surface area (Å²) in [5.74, 6) is 0.296. The number of aryl methyl sites for hydroxylation is 1. The predicted octanol–water partition coefficient (Wildman–Crippen LogP) is 8.65. The van der Waals surface area contributed by atoms with Crippen LogP contribution >= 0.6 is 0 Å². The Hall–Kier alpha value is -4.36. The number of nitrogens with zero attached hydrogens (tertiary/aromatic N) is 1. The van der Waals surface area contributed by atoms with E-state index in [0.717, 1.165) is 34.0 Å². The molecule has 0 amide bonds. The number of benzene rings is 4. The van der Waals surface area contributed by atoms with Gasteiger partial charge in [-0.3, -0.25) is 0 Å². The maximum Gasteiger partial charge on any atom is 0.348 e. The molecule has 1 N–H and O–H groups in total. The molecule has 0 aliphatic rings. The summed E-state index contributed by atoms with van der Waals surface area (Å²) in [6.07, 6.45) is 0.697. The number of hydrogen-bond acceptors (Lipinski definition) is 5. The highest BCUT2D eigenvalue weighted by atomic mass is 28.3. The molecule has 0 spiro atoms. The van der Waals surface area contributed by atoms with Crippen LogP contribution in [0.5, 0.6) is 11.5 Å². The lowest BCUT2D eigenvalue weighted by Crippen LogP contribution is -2.48. The minimum atomic E-state index is -1.51. The maximum absolute atomic E-state index is 12.7. The fraction of sp³-hybridized carbons (Fsp3) is 0.297. The first-order valence-electron chi connectivity index (χ1n) is 15.1. The zero-order chi connectivity index (χ0) is 31.6. The van der Waals surface area contributed by atoms with Gasteiger partial charge in [0.05, 0.1) is 5.71 Å². The van der Waals surface area contributed by atoms with E-state index in [0.29, 0.717) is 31.1 Å². The molecular weight excluding hydrogens is 566 g/mol. The topological polar surface area (TPSA) is 77.3 Å². The Labute approximate surface area is 262 Å². The standard InChI is InChI=1S/C37H43NO5Si/c1-28-11-19-35(20-12-28)43-37(36(39)40,23-26-44(3,4)5)27-30-13-21-34(22-14-30)41-24-25-42-38-29(2)31-15-17-33(18-16-31)32-9-7-6-8-10-32/h6-22H,23-27H2,1-5H3,(H,39,40)/t37-/m1/s1. The van der Waals surface area contributed by atoms with Crippen molar-refractivity contribution in [1.29, 1.82) is 0 Å². The molecule has 230 valence electrons. The van der Waals surface area contributed by atoms with Crippen molar-refractivity contribution in [2.24, 2.45) is 5.16 Å². The maximum atomic E-state index is 12.7. The summed E-state index contributed by atoms with van der Waals surface area (Å²) in [6, 6.07) is 34.4. The second-order valence-electron chi connectivity index (χ2n) is 12.4. The number of carbonyl (C=O) groups is 1. The monoisotopic (exact) mass is 609 g/mol. The molecule has 0 aliphatic carbocycles. The first-order chi connectivity index (χ1) is 21.0. The van der Waals surface area contributed by atoms with Crippen LogP contribution in [-0.2, 0) is 16.1 Å². The van der Waals surface area contributed by atoms with Gasteiger partial charge in [0, 0.05) is 14.5 Å². The smallest absolute Gasteiger partial charge is 0.348 e. The molecule has 6 nitrogen and oxygen atoms in total. The zero-order valence-corrected chi connectivity index (χ0v) is 27.4. The molecule has 44 heavy (non-hydrogen) atoms. The third-order valence-corrected chi connectivity index (χ3v) is 9.22. The van der Waals surface area contributed by atoms with Crippen molar-refractivity contribution < 1.29 is 24.2 Å². The number of aliphatic carboxylic acids is 1. The van der Waals surface area contributed by atoms with Crippen molar-refractivity contribution in [3.8, 4) is 22.6 Å². The Balaban J connectivity index is 1.32. The van der Waals surface area contributed by atoms with E-state index in [1.54, 1.807) is 0 Å². The average molecular weight is 610 g/mol. The summed E-state index contributed by atoms with van der Waals surface area (Å²) in [4.78, 5) is 18.2. The highest BCUT2D eigenvalue weighted by molar-refractivity contribution is 6.76. The first kappa shape index (κ1) is 32.5. The summed E-state index contributed by atoms with van der Waals surface area (Å²) < 4.78 is 12.1. The second-order valence-corrected chi connectivity index (χ2v) is 18.0. The molecule has 4 aromatic rings. The van der Waals surface area contributed by atoms with Gasteiger partial charge in [0.2, 0.25) is 5.60 Å². The minimum absolute atomic E-state index is 0.254. The van der Waals surface area contributed by atoms with Gasteiger partial charge < -0.3 is 19.4 Å². The fourth-order valence-electron chi connectivity index (χ4n) is 4.77. The van der Waals surface area contributed by atoms with Crippen molar-refractivity contribution in [3.63, 3.8) is 0 Å². The molecule has 0 radical (unpaired) electrons. The molecule has 1 atom stereocenters. The van der Waals surface area contributed by atoms with Gasteiger partial charge in [0.15, 0.2) is 6.61 Å². The summed E-state index contributed by atoms with van der Waals surface area (Å²) in [7, 11) is -1.51. The van der Waals surface area contributed by atoms with Gasteiger partial charge in [-0.2, -0.15) is 0 Å². The largest absolute Gasteiger partial charge is 0.490 e. The molecule has 4 rings (SSSR count). The summed E-state index contributed by atoms with van der Waals surface area (Å²) in [5, 5.41) is 14.7. The van der Waals surface area contributed by atoms with Crippen LogP contribution in [0.15, 0.2) is 108 Å². The SMILES string of the molecule is CC(=NOCCOc1ccc(C[C@@](CC[Si](C)(C)C)(Oc2ccc(C)cc2)C(=O)O)cc1)c1ccc(-c2ccccc2)cc1. The fourth-order valence-corrected chi connectivity index (χ4v) is 5.92. The Bertz CT molecular complexity index is 1510. The number of rotatable bonds is 15. The van der Waals surface area contributed by atoms with Crippen LogP contribution in [0.3, 0.4) is 0 Å². The Kier molecular flexibility index (Phi) is 11.0. The van der Waals surface area contributed by atoms with E-state index in [9.17, 15) is 9.90 Å². The van der Waals surface area contributed by atoms with Gasteiger partial charge in [-0.25, -0.2) is 4.79 Å². The lowest BCUT2D eigenvalue weighted by Gasteiger charge is -2.33. The molecule has 0 aromatic heterocycles. The van der Waals surface area contributed by atoms with Gasteiger partial charge in [-0.05, 0) is 66.8 Å². The third-order valence-electron chi connectivity index (χ3n) is 7.47. The van der Waals surface area contributed by atoms with Crippen LogP contribution in [0, 0.1) is 6.92 Å². The van der Waals surface area contributed by atoms with Crippen LogP contribution in [0.1, 0.15) is 30.0 Å². The van der Waals surface area contributed by atoms with Crippen LogP contribution in [0.4, 0.5) is 0 Å². The van der Waals surface area contributed by atoms with Crippen molar-refractivity contribution in [2.75, 3.05) is 13.2 Å².